The fraction of sp³-hybridized carbons (Fsp3) is 0.429. The second-order valence-electron chi connectivity index (χ2n) is 4.55. The quantitative estimate of drug-likeness (QED) is 0.894. The van der Waals surface area contributed by atoms with Gasteiger partial charge < -0.3 is 5.32 Å². The van der Waals surface area contributed by atoms with Gasteiger partial charge in [-0.2, -0.15) is 0 Å². The van der Waals surface area contributed by atoms with Crippen molar-refractivity contribution in [2.75, 3.05) is 0 Å². The molecule has 1 aromatic rings. The summed E-state index contributed by atoms with van der Waals surface area (Å²) in [6, 6.07) is 9.72. The highest BCUT2D eigenvalue weighted by Crippen LogP contribution is 2.29. The van der Waals surface area contributed by atoms with Crippen LogP contribution in [0.4, 0.5) is 0 Å². The molecule has 0 aliphatic carbocycles. The lowest BCUT2D eigenvalue weighted by Crippen LogP contribution is -2.35. The fourth-order valence-electron chi connectivity index (χ4n) is 2.02. The number of amidine groups is 1. The first-order chi connectivity index (χ1) is 8.16. The van der Waals surface area contributed by atoms with Crippen LogP contribution in [0.15, 0.2) is 35.3 Å². The number of halogens is 1. The van der Waals surface area contributed by atoms with Gasteiger partial charge in [0.05, 0.1) is 0 Å². The maximum absolute atomic E-state index is 12.0. The summed E-state index contributed by atoms with van der Waals surface area (Å²) in [4.78, 5) is 16.6. The van der Waals surface area contributed by atoms with E-state index < -0.39 is 5.54 Å². The zero-order chi connectivity index (χ0) is 12.3. The first-order valence-electron chi connectivity index (χ1n) is 6.12. The van der Waals surface area contributed by atoms with E-state index >= 15 is 0 Å². The van der Waals surface area contributed by atoms with Crippen LogP contribution in [-0.4, -0.2) is 11.7 Å². The highest BCUT2D eigenvalue weighted by Gasteiger charge is 2.40. The summed E-state index contributed by atoms with van der Waals surface area (Å²) in [5.74, 6) is 0.804. The van der Waals surface area contributed by atoms with Gasteiger partial charge in [-0.25, -0.2) is 0 Å². The van der Waals surface area contributed by atoms with E-state index in [0.717, 1.165) is 30.7 Å². The first kappa shape index (κ1) is 14.7. The van der Waals surface area contributed by atoms with Crippen molar-refractivity contribution in [1.82, 2.24) is 5.32 Å². The van der Waals surface area contributed by atoms with E-state index in [1.165, 1.54) is 0 Å². The third-order valence-electron chi connectivity index (χ3n) is 3.16. The molecule has 1 N–H and O–H groups in total. The molecular weight excluding hydrogens is 248 g/mol. The highest BCUT2D eigenvalue weighted by molar-refractivity contribution is 6.08. The van der Waals surface area contributed by atoms with Crippen LogP contribution < -0.4 is 5.32 Å². The Morgan fingerprint density at radius 3 is 2.56 bits per heavy atom. The largest absolute Gasteiger partial charge is 0.312 e. The number of amides is 1. The van der Waals surface area contributed by atoms with Crippen LogP contribution in [0, 0.1) is 0 Å². The minimum Gasteiger partial charge on any atom is -0.312 e. The normalized spacial score (nSPS) is 22.1. The number of nitrogens with one attached hydrogen (secondary N) is 1. The third kappa shape index (κ3) is 2.72. The Bertz CT molecular complexity index is 444. The molecule has 0 radical (unpaired) electrons. The SMILES string of the molecule is CCCCC1=NC(C)(c2ccccc2)C(=O)N1.Cl. The zero-order valence-corrected chi connectivity index (χ0v) is 11.6. The van der Waals surface area contributed by atoms with Gasteiger partial charge in [0.25, 0.3) is 5.91 Å². The monoisotopic (exact) mass is 266 g/mol. The van der Waals surface area contributed by atoms with Crippen LogP contribution >= 0.6 is 12.4 Å². The second kappa shape index (κ2) is 6.01. The van der Waals surface area contributed by atoms with Crippen LogP contribution in [0.2, 0.25) is 0 Å². The van der Waals surface area contributed by atoms with E-state index in [1.54, 1.807) is 0 Å². The summed E-state index contributed by atoms with van der Waals surface area (Å²) < 4.78 is 0. The average Bonchev–Trinajstić information content (AvgIpc) is 2.65. The Morgan fingerprint density at radius 1 is 1.28 bits per heavy atom. The van der Waals surface area contributed by atoms with Crippen molar-refractivity contribution < 1.29 is 4.79 Å². The topological polar surface area (TPSA) is 41.5 Å². The number of hydrogen-bond donors (Lipinski definition) is 1. The molecule has 0 spiro atoms. The molecule has 1 heterocycles. The molecule has 0 fully saturated rings. The number of nitrogens with zero attached hydrogens (tertiary/aromatic N) is 1. The summed E-state index contributed by atoms with van der Waals surface area (Å²) in [7, 11) is 0. The number of hydrogen-bond acceptors (Lipinski definition) is 2. The van der Waals surface area contributed by atoms with Crippen molar-refractivity contribution in [3.05, 3.63) is 35.9 Å². The average molecular weight is 267 g/mol. The van der Waals surface area contributed by atoms with E-state index in [2.05, 4.69) is 17.2 Å². The first-order valence-corrected chi connectivity index (χ1v) is 6.12. The maximum atomic E-state index is 12.0. The molecular formula is C14H19ClN2O. The molecule has 1 aromatic carbocycles. The number of carbonyl (C=O) groups is 1. The highest BCUT2D eigenvalue weighted by atomic mass is 35.5. The molecule has 1 atom stereocenters. The van der Waals surface area contributed by atoms with Gasteiger partial charge in [-0.3, -0.25) is 9.79 Å². The second-order valence-corrected chi connectivity index (χ2v) is 4.55. The van der Waals surface area contributed by atoms with Crippen LogP contribution in [0.3, 0.4) is 0 Å². The molecule has 98 valence electrons. The van der Waals surface area contributed by atoms with Crippen molar-refractivity contribution >= 4 is 24.1 Å². The predicted molar refractivity (Wildman–Crippen MR) is 76.1 cm³/mol. The van der Waals surface area contributed by atoms with Crippen molar-refractivity contribution in [1.29, 1.82) is 0 Å². The summed E-state index contributed by atoms with van der Waals surface area (Å²) in [5, 5.41) is 2.89. The van der Waals surface area contributed by atoms with Crippen LogP contribution in [0.25, 0.3) is 0 Å². The lowest BCUT2D eigenvalue weighted by atomic mass is 9.93. The smallest absolute Gasteiger partial charge is 0.257 e. The van der Waals surface area contributed by atoms with Gasteiger partial charge in [0.15, 0.2) is 5.54 Å². The molecule has 0 saturated carbocycles. The number of unbranched alkanes of at least 4 members (excludes halogenated alkanes) is 1. The minimum absolute atomic E-state index is 0. The van der Waals surface area contributed by atoms with Gasteiger partial charge in [0.1, 0.15) is 5.84 Å². The van der Waals surface area contributed by atoms with E-state index in [9.17, 15) is 4.79 Å². The molecule has 2 rings (SSSR count). The molecule has 0 aromatic heterocycles. The molecule has 1 aliphatic rings. The van der Waals surface area contributed by atoms with Crippen molar-refractivity contribution in [3.8, 4) is 0 Å². The lowest BCUT2D eigenvalue weighted by Gasteiger charge is -2.17. The number of rotatable bonds is 4. The van der Waals surface area contributed by atoms with E-state index in [0.29, 0.717) is 0 Å². The Labute approximate surface area is 114 Å². The third-order valence-corrected chi connectivity index (χ3v) is 3.16. The van der Waals surface area contributed by atoms with Crippen LogP contribution in [0.5, 0.6) is 0 Å². The fourth-order valence-corrected chi connectivity index (χ4v) is 2.02. The van der Waals surface area contributed by atoms with Crippen molar-refractivity contribution in [3.63, 3.8) is 0 Å². The molecule has 0 saturated heterocycles. The van der Waals surface area contributed by atoms with Crippen molar-refractivity contribution in [2.45, 2.75) is 38.6 Å². The molecule has 4 heteroatoms. The molecule has 0 bridgehead atoms. The minimum atomic E-state index is -0.746. The molecule has 1 aliphatic heterocycles. The lowest BCUT2D eigenvalue weighted by molar-refractivity contribution is -0.123. The van der Waals surface area contributed by atoms with Gasteiger partial charge in [0.2, 0.25) is 0 Å². The van der Waals surface area contributed by atoms with E-state index in [4.69, 9.17) is 0 Å². The van der Waals surface area contributed by atoms with Gasteiger partial charge in [-0.15, -0.1) is 12.4 Å². The van der Waals surface area contributed by atoms with Crippen molar-refractivity contribution in [2.24, 2.45) is 4.99 Å². The summed E-state index contributed by atoms with van der Waals surface area (Å²) in [6.45, 7) is 4.00. The standard InChI is InChI=1S/C14H18N2O.ClH/c1-3-4-10-12-15-13(17)14(2,16-12)11-8-6-5-7-9-11;/h5-9H,3-4,10H2,1-2H3,(H,15,16,17);1H. The van der Waals surface area contributed by atoms with Gasteiger partial charge in [0, 0.05) is 6.42 Å². The predicted octanol–water partition coefficient (Wildman–Crippen LogP) is 3.04. The molecule has 3 nitrogen and oxygen atoms in total. The van der Waals surface area contributed by atoms with E-state index in [1.807, 2.05) is 37.3 Å². The molecule has 18 heavy (non-hydrogen) atoms. The van der Waals surface area contributed by atoms with Gasteiger partial charge in [-0.05, 0) is 18.9 Å². The van der Waals surface area contributed by atoms with Crippen LogP contribution in [0.1, 0.15) is 38.7 Å². The van der Waals surface area contributed by atoms with Gasteiger partial charge in [-0.1, -0.05) is 43.7 Å². The summed E-state index contributed by atoms with van der Waals surface area (Å²) >= 11 is 0. The van der Waals surface area contributed by atoms with Gasteiger partial charge >= 0.3 is 0 Å². The molecule has 1 amide bonds. The summed E-state index contributed by atoms with van der Waals surface area (Å²) in [6.07, 6.45) is 3.02. The number of aliphatic imine (C=N–C) groups is 1. The number of carbonyl (C=O) groups excluding carboxylic acids is 1. The summed E-state index contributed by atoms with van der Waals surface area (Å²) in [5.41, 5.74) is 0.202. The Morgan fingerprint density at radius 2 is 1.94 bits per heavy atom. The van der Waals surface area contributed by atoms with Crippen LogP contribution in [-0.2, 0) is 10.3 Å². The zero-order valence-electron chi connectivity index (χ0n) is 10.8. The Kier molecular flexibility index (Phi) is 4.91. The molecule has 1 unspecified atom stereocenters. The Hall–Kier alpha value is -1.35. The van der Waals surface area contributed by atoms with E-state index in [-0.39, 0.29) is 18.3 Å². The maximum Gasteiger partial charge on any atom is 0.257 e. The Balaban J connectivity index is 0.00000162. The number of benzene rings is 1.